The summed E-state index contributed by atoms with van der Waals surface area (Å²) in [7, 11) is 0. The van der Waals surface area contributed by atoms with E-state index in [0.717, 1.165) is 65.7 Å². The summed E-state index contributed by atoms with van der Waals surface area (Å²) in [4.78, 5) is 17.9. The first kappa shape index (κ1) is 22.3. The highest BCUT2D eigenvalue weighted by Gasteiger charge is 2.55. The van der Waals surface area contributed by atoms with Gasteiger partial charge in [-0.25, -0.2) is 5.84 Å². The van der Waals surface area contributed by atoms with Crippen LogP contribution in [0.5, 0.6) is 11.5 Å². The lowest BCUT2D eigenvalue weighted by Gasteiger charge is -2.42. The van der Waals surface area contributed by atoms with E-state index < -0.39 is 5.54 Å². The third-order valence-corrected chi connectivity index (χ3v) is 7.31. The van der Waals surface area contributed by atoms with Crippen LogP contribution in [-0.2, 0) is 5.54 Å². The third kappa shape index (κ3) is 2.95. The molecule has 0 unspecified atom stereocenters. The molecule has 0 saturated carbocycles. The standard InChI is InChI=1S/C28H32N4O2/c1-5-30(6-2)19-13-15-23-25(17-19)34-26-18-20(31(7-3)8-4)14-16-24(26)28(23)22-12-10-9-11-21(22)27(33)32(28)29/h9-18H,5-8,29H2,1-4H3. The molecule has 3 aromatic rings. The van der Waals surface area contributed by atoms with Crippen molar-refractivity contribution < 1.29 is 9.53 Å². The van der Waals surface area contributed by atoms with Crippen LogP contribution in [0.3, 0.4) is 0 Å². The van der Waals surface area contributed by atoms with Gasteiger partial charge in [0.2, 0.25) is 0 Å². The first-order valence-electron chi connectivity index (χ1n) is 12.2. The first-order valence-corrected chi connectivity index (χ1v) is 12.2. The maximum atomic E-state index is 13.4. The molecule has 2 N–H and O–H groups in total. The fourth-order valence-corrected chi connectivity index (χ4v) is 5.57. The summed E-state index contributed by atoms with van der Waals surface area (Å²) in [6, 6.07) is 20.2. The SMILES string of the molecule is CCN(CC)c1ccc2c(c1)Oc1cc(N(CC)CC)ccc1C21c2ccccc2C(=O)N1N. The number of carbonyl (C=O) groups is 1. The Morgan fingerprint density at radius 1 is 0.765 bits per heavy atom. The fraction of sp³-hybridized carbons (Fsp3) is 0.321. The molecule has 0 aliphatic carbocycles. The van der Waals surface area contributed by atoms with Gasteiger partial charge in [0.05, 0.1) is 0 Å². The molecule has 0 bridgehead atoms. The van der Waals surface area contributed by atoms with Gasteiger partial charge < -0.3 is 14.5 Å². The fourth-order valence-electron chi connectivity index (χ4n) is 5.57. The van der Waals surface area contributed by atoms with Gasteiger partial charge in [0.15, 0.2) is 0 Å². The molecule has 0 atom stereocenters. The topological polar surface area (TPSA) is 62.0 Å². The number of rotatable bonds is 6. The summed E-state index contributed by atoms with van der Waals surface area (Å²) >= 11 is 0. The molecule has 2 aliphatic heterocycles. The Hall–Kier alpha value is -3.51. The second-order valence-corrected chi connectivity index (χ2v) is 8.74. The molecular formula is C28H32N4O2. The van der Waals surface area contributed by atoms with Crippen LogP contribution in [0.2, 0.25) is 0 Å². The highest BCUT2D eigenvalue weighted by atomic mass is 16.5. The van der Waals surface area contributed by atoms with E-state index in [1.807, 2.05) is 24.3 Å². The zero-order chi connectivity index (χ0) is 24.0. The molecular weight excluding hydrogens is 424 g/mol. The van der Waals surface area contributed by atoms with E-state index in [4.69, 9.17) is 10.6 Å². The van der Waals surface area contributed by atoms with E-state index >= 15 is 0 Å². The molecule has 6 nitrogen and oxygen atoms in total. The summed E-state index contributed by atoms with van der Waals surface area (Å²) in [5.74, 6) is 7.95. The Morgan fingerprint density at radius 2 is 1.26 bits per heavy atom. The molecule has 1 spiro atoms. The quantitative estimate of drug-likeness (QED) is 0.413. The number of fused-ring (bicyclic) bond motifs is 6. The van der Waals surface area contributed by atoms with Crippen molar-refractivity contribution in [1.29, 1.82) is 0 Å². The Kier molecular flexibility index (Phi) is 5.48. The Morgan fingerprint density at radius 3 is 1.76 bits per heavy atom. The van der Waals surface area contributed by atoms with Crippen LogP contribution in [-0.4, -0.2) is 37.1 Å². The normalized spacial score (nSPS) is 15.0. The number of hydrazine groups is 1. The second kappa shape index (κ2) is 8.37. The number of nitrogens with two attached hydrogens (primary N) is 1. The van der Waals surface area contributed by atoms with Gasteiger partial charge in [-0.3, -0.25) is 9.80 Å². The van der Waals surface area contributed by atoms with Gasteiger partial charge in [-0.15, -0.1) is 0 Å². The molecule has 3 aromatic carbocycles. The van der Waals surface area contributed by atoms with Gasteiger partial charge in [0.1, 0.15) is 17.0 Å². The van der Waals surface area contributed by atoms with E-state index in [2.05, 4.69) is 73.9 Å². The van der Waals surface area contributed by atoms with Crippen molar-refractivity contribution in [2.45, 2.75) is 33.2 Å². The summed E-state index contributed by atoms with van der Waals surface area (Å²) in [5.41, 5.74) is 4.51. The van der Waals surface area contributed by atoms with Crippen molar-refractivity contribution in [1.82, 2.24) is 5.01 Å². The molecule has 6 heteroatoms. The maximum absolute atomic E-state index is 13.4. The number of hydrogen-bond donors (Lipinski definition) is 1. The minimum absolute atomic E-state index is 0.185. The molecule has 0 radical (unpaired) electrons. The van der Waals surface area contributed by atoms with Crippen LogP contribution in [0.4, 0.5) is 11.4 Å². The van der Waals surface area contributed by atoms with Crippen LogP contribution >= 0.6 is 0 Å². The monoisotopic (exact) mass is 456 g/mol. The maximum Gasteiger partial charge on any atom is 0.269 e. The van der Waals surface area contributed by atoms with Gasteiger partial charge in [-0.2, -0.15) is 0 Å². The number of ether oxygens (including phenoxy) is 1. The first-order chi connectivity index (χ1) is 16.5. The van der Waals surface area contributed by atoms with Crippen LogP contribution in [0.15, 0.2) is 60.7 Å². The lowest BCUT2D eigenvalue weighted by atomic mass is 9.75. The van der Waals surface area contributed by atoms with Gasteiger partial charge in [0, 0.05) is 71.9 Å². The summed E-state index contributed by atoms with van der Waals surface area (Å²) in [6.07, 6.45) is 0. The van der Waals surface area contributed by atoms with Crippen LogP contribution in [0, 0.1) is 0 Å². The largest absolute Gasteiger partial charge is 0.456 e. The number of amides is 1. The van der Waals surface area contributed by atoms with E-state index in [-0.39, 0.29) is 5.91 Å². The molecule has 0 saturated heterocycles. The van der Waals surface area contributed by atoms with Crippen molar-refractivity contribution in [2.24, 2.45) is 5.84 Å². The third-order valence-electron chi connectivity index (χ3n) is 7.31. The zero-order valence-electron chi connectivity index (χ0n) is 20.3. The number of hydrogen-bond acceptors (Lipinski definition) is 5. The average Bonchev–Trinajstić information content (AvgIpc) is 3.08. The highest BCUT2D eigenvalue weighted by Crippen LogP contribution is 2.57. The predicted molar refractivity (Wildman–Crippen MR) is 137 cm³/mol. The number of nitrogens with zero attached hydrogens (tertiary/aromatic N) is 3. The van der Waals surface area contributed by atoms with E-state index in [1.54, 1.807) is 0 Å². The summed E-state index contributed by atoms with van der Waals surface area (Å²) < 4.78 is 6.58. The molecule has 5 rings (SSSR count). The van der Waals surface area contributed by atoms with Gasteiger partial charge in [-0.1, -0.05) is 30.3 Å². The Labute approximate surface area is 201 Å². The summed E-state index contributed by atoms with van der Waals surface area (Å²) in [6.45, 7) is 12.2. The minimum atomic E-state index is -0.944. The second-order valence-electron chi connectivity index (χ2n) is 8.74. The lowest BCUT2D eigenvalue weighted by Crippen LogP contribution is -2.51. The van der Waals surface area contributed by atoms with Crippen molar-refractivity contribution >= 4 is 17.3 Å². The number of carbonyl (C=O) groups excluding carboxylic acids is 1. The van der Waals surface area contributed by atoms with Crippen molar-refractivity contribution in [3.8, 4) is 11.5 Å². The van der Waals surface area contributed by atoms with Gasteiger partial charge >= 0.3 is 0 Å². The van der Waals surface area contributed by atoms with E-state index in [0.29, 0.717) is 5.56 Å². The molecule has 176 valence electrons. The van der Waals surface area contributed by atoms with E-state index in [1.165, 1.54) is 5.01 Å². The van der Waals surface area contributed by atoms with Crippen molar-refractivity contribution in [2.75, 3.05) is 36.0 Å². The zero-order valence-corrected chi connectivity index (χ0v) is 20.3. The van der Waals surface area contributed by atoms with Crippen LogP contribution in [0.25, 0.3) is 0 Å². The number of anilines is 2. The van der Waals surface area contributed by atoms with Crippen LogP contribution < -0.4 is 20.4 Å². The highest BCUT2D eigenvalue weighted by molar-refractivity contribution is 6.02. The molecule has 0 fully saturated rings. The average molecular weight is 457 g/mol. The molecule has 2 aliphatic rings. The lowest BCUT2D eigenvalue weighted by molar-refractivity contribution is 0.0665. The molecule has 1 amide bonds. The minimum Gasteiger partial charge on any atom is -0.456 e. The summed E-state index contributed by atoms with van der Waals surface area (Å²) in [5, 5.41) is 1.39. The van der Waals surface area contributed by atoms with Gasteiger partial charge in [-0.05, 0) is 45.9 Å². The van der Waals surface area contributed by atoms with Crippen molar-refractivity contribution in [3.63, 3.8) is 0 Å². The molecule has 0 aromatic heterocycles. The Bertz CT molecular complexity index is 1190. The smallest absolute Gasteiger partial charge is 0.269 e. The Balaban J connectivity index is 1.80. The van der Waals surface area contributed by atoms with Crippen LogP contribution in [0.1, 0.15) is 54.7 Å². The molecule has 34 heavy (non-hydrogen) atoms. The van der Waals surface area contributed by atoms with Gasteiger partial charge in [0.25, 0.3) is 5.91 Å². The molecule has 2 heterocycles. The van der Waals surface area contributed by atoms with E-state index in [9.17, 15) is 4.79 Å². The number of benzene rings is 3. The predicted octanol–water partition coefficient (Wildman–Crippen LogP) is 5.11. The van der Waals surface area contributed by atoms with Crippen molar-refractivity contribution in [3.05, 3.63) is 82.9 Å².